The predicted molar refractivity (Wildman–Crippen MR) is 65.8 cm³/mol. The molecule has 0 aliphatic heterocycles. The maximum atomic E-state index is 12.9. The molecule has 1 rings (SSSR count). The maximum Gasteiger partial charge on any atom is 0.124 e. The van der Waals surface area contributed by atoms with E-state index in [0.29, 0.717) is 0 Å². The largest absolute Gasteiger partial charge is 0.207 e. The molecule has 16 heavy (non-hydrogen) atoms. The van der Waals surface area contributed by atoms with Crippen molar-refractivity contribution in [1.29, 1.82) is 5.26 Å². The van der Waals surface area contributed by atoms with Crippen molar-refractivity contribution in [2.24, 2.45) is 5.41 Å². The van der Waals surface area contributed by atoms with E-state index in [9.17, 15) is 4.39 Å². The van der Waals surface area contributed by atoms with E-state index >= 15 is 0 Å². The van der Waals surface area contributed by atoms with Crippen molar-refractivity contribution in [3.63, 3.8) is 0 Å². The summed E-state index contributed by atoms with van der Waals surface area (Å²) in [5.74, 6) is 0.733. The van der Waals surface area contributed by atoms with Crippen molar-refractivity contribution in [1.82, 2.24) is 0 Å². The molecule has 1 aromatic rings. The van der Waals surface area contributed by atoms with Gasteiger partial charge in [0.1, 0.15) is 5.82 Å². The van der Waals surface area contributed by atoms with Crippen molar-refractivity contribution in [2.75, 3.05) is 5.75 Å². The maximum absolute atomic E-state index is 12.9. The first-order chi connectivity index (χ1) is 7.53. The van der Waals surface area contributed by atoms with Crippen LogP contribution in [0.1, 0.15) is 26.7 Å². The Balaban J connectivity index is 2.29. The third-order valence-corrected chi connectivity index (χ3v) is 3.39. The summed E-state index contributed by atoms with van der Waals surface area (Å²) in [5, 5.41) is 8.84. The van der Waals surface area contributed by atoms with E-state index in [0.717, 1.165) is 23.5 Å². The summed E-state index contributed by atoms with van der Waals surface area (Å²) in [5.41, 5.74) is -0.248. The molecule has 1 aromatic carbocycles. The molecule has 0 radical (unpaired) electrons. The molecule has 0 fully saturated rings. The number of halogens is 1. The van der Waals surface area contributed by atoms with E-state index in [-0.39, 0.29) is 11.2 Å². The molecule has 0 amide bonds. The molecule has 0 aromatic heterocycles. The number of hydrogen-bond donors (Lipinski definition) is 0. The molecule has 0 N–H and O–H groups in total. The van der Waals surface area contributed by atoms with Crippen molar-refractivity contribution < 1.29 is 4.39 Å². The third kappa shape index (κ3) is 4.67. The van der Waals surface area contributed by atoms with Crippen LogP contribution in [0.2, 0.25) is 0 Å². The zero-order valence-corrected chi connectivity index (χ0v) is 10.5. The third-order valence-electron chi connectivity index (χ3n) is 2.31. The van der Waals surface area contributed by atoms with Crippen LogP contribution >= 0.6 is 11.8 Å². The minimum atomic E-state index is -0.248. The van der Waals surface area contributed by atoms with Gasteiger partial charge in [0, 0.05) is 4.90 Å². The smallest absolute Gasteiger partial charge is 0.124 e. The standard InChI is InChI=1S/C13H16FNS/c1-13(2,10-15)7-4-8-16-12-6-3-5-11(14)9-12/h3,5-6,9H,4,7-8H2,1-2H3. The molecular formula is C13H16FNS. The molecule has 0 aliphatic rings. The van der Waals surface area contributed by atoms with Crippen molar-refractivity contribution >= 4 is 11.8 Å². The number of nitrogens with zero attached hydrogens (tertiary/aromatic N) is 1. The van der Waals surface area contributed by atoms with Crippen LogP contribution in [0, 0.1) is 22.6 Å². The number of hydrogen-bond acceptors (Lipinski definition) is 2. The number of rotatable bonds is 5. The van der Waals surface area contributed by atoms with Crippen molar-refractivity contribution in [3.05, 3.63) is 30.1 Å². The highest BCUT2D eigenvalue weighted by molar-refractivity contribution is 7.99. The molecule has 0 atom stereocenters. The van der Waals surface area contributed by atoms with E-state index < -0.39 is 0 Å². The Hall–Kier alpha value is -1.01. The molecule has 0 unspecified atom stereocenters. The van der Waals surface area contributed by atoms with Gasteiger partial charge in [0.25, 0.3) is 0 Å². The zero-order chi connectivity index (χ0) is 12.0. The molecule has 0 aliphatic carbocycles. The van der Waals surface area contributed by atoms with Crippen LogP contribution in [0.5, 0.6) is 0 Å². The summed E-state index contributed by atoms with van der Waals surface area (Å²) < 4.78 is 12.9. The molecule has 0 heterocycles. The Morgan fingerprint density at radius 2 is 2.19 bits per heavy atom. The normalized spacial score (nSPS) is 11.1. The van der Waals surface area contributed by atoms with Gasteiger partial charge in [-0.25, -0.2) is 4.39 Å². The lowest BCUT2D eigenvalue weighted by molar-refractivity contribution is 0.448. The fraction of sp³-hybridized carbons (Fsp3) is 0.462. The highest BCUT2D eigenvalue weighted by Gasteiger charge is 2.15. The van der Waals surface area contributed by atoms with Gasteiger partial charge >= 0.3 is 0 Å². The Kier molecular flexibility index (Phi) is 4.82. The Morgan fingerprint density at radius 3 is 2.81 bits per heavy atom. The van der Waals surface area contributed by atoms with Crippen LogP contribution in [-0.2, 0) is 0 Å². The van der Waals surface area contributed by atoms with Crippen LogP contribution in [-0.4, -0.2) is 5.75 Å². The molecule has 86 valence electrons. The quantitative estimate of drug-likeness (QED) is 0.564. The van der Waals surface area contributed by atoms with Gasteiger partial charge in [0.05, 0.1) is 11.5 Å². The predicted octanol–water partition coefficient (Wildman–Crippen LogP) is 4.25. The summed E-state index contributed by atoms with van der Waals surface area (Å²) in [6.07, 6.45) is 1.85. The fourth-order valence-corrected chi connectivity index (χ4v) is 2.21. The Morgan fingerprint density at radius 1 is 1.44 bits per heavy atom. The Labute approximate surface area is 101 Å². The second-order valence-electron chi connectivity index (χ2n) is 4.41. The Bertz CT molecular complexity index is 382. The first kappa shape index (κ1) is 13.1. The summed E-state index contributed by atoms with van der Waals surface area (Å²) in [7, 11) is 0. The van der Waals surface area contributed by atoms with Gasteiger partial charge in [-0.3, -0.25) is 0 Å². The summed E-state index contributed by atoms with van der Waals surface area (Å²) in [6.45, 7) is 3.89. The van der Waals surface area contributed by atoms with Crippen molar-refractivity contribution in [3.8, 4) is 6.07 Å². The summed E-state index contributed by atoms with van der Waals surface area (Å²) in [4.78, 5) is 0.953. The van der Waals surface area contributed by atoms with Gasteiger partial charge in [-0.2, -0.15) is 5.26 Å². The number of nitriles is 1. The van der Waals surface area contributed by atoms with E-state index in [1.807, 2.05) is 19.9 Å². The molecule has 0 spiro atoms. The molecule has 0 bridgehead atoms. The van der Waals surface area contributed by atoms with Crippen molar-refractivity contribution in [2.45, 2.75) is 31.6 Å². The molecule has 3 heteroatoms. The first-order valence-corrected chi connectivity index (χ1v) is 6.32. The van der Waals surface area contributed by atoms with Crippen LogP contribution in [0.15, 0.2) is 29.2 Å². The lowest BCUT2D eigenvalue weighted by atomic mass is 9.90. The van der Waals surface area contributed by atoms with Gasteiger partial charge < -0.3 is 0 Å². The van der Waals surface area contributed by atoms with E-state index in [1.54, 1.807) is 23.9 Å². The van der Waals surface area contributed by atoms with E-state index in [1.165, 1.54) is 6.07 Å². The first-order valence-electron chi connectivity index (χ1n) is 5.33. The molecular weight excluding hydrogens is 221 g/mol. The van der Waals surface area contributed by atoms with Gasteiger partial charge in [0.2, 0.25) is 0 Å². The van der Waals surface area contributed by atoms with E-state index in [4.69, 9.17) is 5.26 Å². The zero-order valence-electron chi connectivity index (χ0n) is 9.66. The van der Waals surface area contributed by atoms with Crippen LogP contribution in [0.3, 0.4) is 0 Å². The summed E-state index contributed by atoms with van der Waals surface area (Å²) >= 11 is 1.64. The number of benzene rings is 1. The lowest BCUT2D eigenvalue weighted by Crippen LogP contribution is -2.07. The van der Waals surface area contributed by atoms with Gasteiger partial charge in [-0.15, -0.1) is 11.8 Å². The van der Waals surface area contributed by atoms with Crippen LogP contribution in [0.4, 0.5) is 4.39 Å². The van der Waals surface area contributed by atoms with E-state index in [2.05, 4.69) is 6.07 Å². The minimum Gasteiger partial charge on any atom is -0.207 e. The molecule has 0 saturated carbocycles. The average Bonchev–Trinajstić information content (AvgIpc) is 2.25. The number of thioether (sulfide) groups is 1. The second kappa shape index (κ2) is 5.91. The van der Waals surface area contributed by atoms with Crippen LogP contribution in [0.25, 0.3) is 0 Å². The highest BCUT2D eigenvalue weighted by Crippen LogP contribution is 2.25. The molecule has 0 saturated heterocycles. The van der Waals surface area contributed by atoms with Gasteiger partial charge in [0.15, 0.2) is 0 Å². The lowest BCUT2D eigenvalue weighted by Gasteiger charge is -2.13. The molecule has 1 nitrogen and oxygen atoms in total. The minimum absolute atomic E-state index is 0.192. The second-order valence-corrected chi connectivity index (χ2v) is 5.57. The fourth-order valence-electron chi connectivity index (χ4n) is 1.32. The highest BCUT2D eigenvalue weighted by atomic mass is 32.2. The summed E-state index contributed by atoms with van der Waals surface area (Å²) in [6, 6.07) is 8.89. The topological polar surface area (TPSA) is 23.8 Å². The average molecular weight is 237 g/mol. The SMILES string of the molecule is CC(C)(C#N)CCCSc1cccc(F)c1. The monoisotopic (exact) mass is 237 g/mol. The van der Waals surface area contributed by atoms with Gasteiger partial charge in [-0.1, -0.05) is 6.07 Å². The van der Waals surface area contributed by atoms with Gasteiger partial charge in [-0.05, 0) is 50.6 Å². The van der Waals surface area contributed by atoms with Crippen LogP contribution < -0.4 is 0 Å².